The summed E-state index contributed by atoms with van der Waals surface area (Å²) >= 11 is 3.43. The molecule has 1 aliphatic rings. The Labute approximate surface area is 124 Å². The van der Waals surface area contributed by atoms with Crippen LogP contribution in [0.2, 0.25) is 0 Å². The van der Waals surface area contributed by atoms with Gasteiger partial charge in [0.15, 0.2) is 5.65 Å². The Bertz CT molecular complexity index is 769. The second-order valence-electron chi connectivity index (χ2n) is 4.85. The number of nitrogens with zero attached hydrogens (tertiary/aromatic N) is 3. The van der Waals surface area contributed by atoms with E-state index in [-0.39, 0.29) is 5.92 Å². The van der Waals surface area contributed by atoms with Gasteiger partial charge in [0.25, 0.3) is 0 Å². The van der Waals surface area contributed by atoms with Crippen LogP contribution in [0.15, 0.2) is 47.1 Å². The van der Waals surface area contributed by atoms with E-state index >= 15 is 0 Å². The first-order valence-corrected chi connectivity index (χ1v) is 7.29. The predicted molar refractivity (Wildman–Crippen MR) is 78.6 cm³/mol. The average molecular weight is 330 g/mol. The van der Waals surface area contributed by atoms with Crippen LogP contribution in [0, 0.1) is 0 Å². The highest BCUT2D eigenvalue weighted by molar-refractivity contribution is 9.10. The zero-order chi connectivity index (χ0) is 13.5. The Morgan fingerprint density at radius 2 is 2.00 bits per heavy atom. The van der Waals surface area contributed by atoms with Crippen LogP contribution < -0.4 is 0 Å². The third-order valence-electron chi connectivity index (χ3n) is 3.61. The molecule has 3 heterocycles. The van der Waals surface area contributed by atoms with Gasteiger partial charge in [-0.3, -0.25) is 0 Å². The Morgan fingerprint density at radius 3 is 2.85 bits per heavy atom. The molecule has 0 fully saturated rings. The lowest BCUT2D eigenvalue weighted by molar-refractivity contribution is 0.0951. The summed E-state index contributed by atoms with van der Waals surface area (Å²) in [4.78, 5) is 4.62. The highest BCUT2D eigenvalue weighted by Gasteiger charge is 2.28. The monoisotopic (exact) mass is 329 g/mol. The number of hydrogen-bond acceptors (Lipinski definition) is 3. The van der Waals surface area contributed by atoms with Crippen molar-refractivity contribution in [3.05, 3.63) is 64.0 Å². The summed E-state index contributed by atoms with van der Waals surface area (Å²) in [6, 6.07) is 14.3. The Hall–Kier alpha value is -1.72. The molecule has 0 spiro atoms. The zero-order valence-electron chi connectivity index (χ0n) is 10.7. The van der Waals surface area contributed by atoms with Gasteiger partial charge < -0.3 is 4.74 Å². The molecule has 1 aliphatic heterocycles. The van der Waals surface area contributed by atoms with Crippen molar-refractivity contribution in [2.45, 2.75) is 12.5 Å². The van der Waals surface area contributed by atoms with Crippen LogP contribution in [0.4, 0.5) is 0 Å². The van der Waals surface area contributed by atoms with Crippen molar-refractivity contribution < 1.29 is 4.74 Å². The normalized spacial score (nSPS) is 18.1. The molecule has 3 aromatic rings. The van der Waals surface area contributed by atoms with Gasteiger partial charge in [0, 0.05) is 0 Å². The summed E-state index contributed by atoms with van der Waals surface area (Å²) < 4.78 is 8.45. The maximum Gasteiger partial charge on any atom is 0.154 e. The number of hydrogen-bond donors (Lipinski definition) is 0. The molecule has 100 valence electrons. The maximum absolute atomic E-state index is 5.71. The second kappa shape index (κ2) is 4.68. The first-order chi connectivity index (χ1) is 9.83. The van der Waals surface area contributed by atoms with Crippen LogP contribution in [0.3, 0.4) is 0 Å². The van der Waals surface area contributed by atoms with E-state index in [2.05, 4.69) is 50.3 Å². The van der Waals surface area contributed by atoms with Gasteiger partial charge in [-0.05, 0) is 33.6 Å². The molecule has 0 bridgehead atoms. The number of ether oxygens (including phenoxy) is 1. The predicted octanol–water partition coefficient (Wildman–Crippen LogP) is 3.15. The van der Waals surface area contributed by atoms with E-state index in [1.807, 2.05) is 22.7 Å². The molecule has 0 saturated heterocycles. The Balaban J connectivity index is 1.95. The standard InChI is InChI=1S/C15H12BrN3O/c16-13-6-7-14-17-12-9-20-8-11(15(12)19(14)18-13)10-4-2-1-3-5-10/h1-7,11H,8-9H2. The minimum atomic E-state index is 0.178. The van der Waals surface area contributed by atoms with Gasteiger partial charge in [-0.2, -0.15) is 5.10 Å². The largest absolute Gasteiger partial charge is 0.374 e. The molecular formula is C15H12BrN3O. The lowest BCUT2D eigenvalue weighted by Gasteiger charge is -2.22. The topological polar surface area (TPSA) is 39.4 Å². The third kappa shape index (κ3) is 1.85. The molecule has 0 N–H and O–H groups in total. The smallest absolute Gasteiger partial charge is 0.154 e. The lowest BCUT2D eigenvalue weighted by Crippen LogP contribution is -2.19. The minimum Gasteiger partial charge on any atom is -0.374 e. The molecule has 1 aromatic carbocycles. The van der Waals surface area contributed by atoms with Crippen LogP contribution in [0.5, 0.6) is 0 Å². The molecule has 20 heavy (non-hydrogen) atoms. The summed E-state index contributed by atoms with van der Waals surface area (Å²) in [6.07, 6.45) is 0. The van der Waals surface area contributed by atoms with Gasteiger partial charge in [-0.1, -0.05) is 30.3 Å². The van der Waals surface area contributed by atoms with E-state index in [9.17, 15) is 0 Å². The molecule has 1 atom stereocenters. The van der Waals surface area contributed by atoms with E-state index in [4.69, 9.17) is 4.74 Å². The van der Waals surface area contributed by atoms with Crippen LogP contribution in [0.25, 0.3) is 5.65 Å². The van der Waals surface area contributed by atoms with Crippen LogP contribution in [0.1, 0.15) is 22.9 Å². The number of fused-ring (bicyclic) bond motifs is 3. The highest BCUT2D eigenvalue weighted by Crippen LogP contribution is 2.32. The van der Waals surface area contributed by atoms with E-state index in [0.29, 0.717) is 13.2 Å². The number of aromatic nitrogens is 3. The molecular weight excluding hydrogens is 318 g/mol. The average Bonchev–Trinajstić information content (AvgIpc) is 2.86. The van der Waals surface area contributed by atoms with E-state index in [1.54, 1.807) is 0 Å². The van der Waals surface area contributed by atoms with Crippen molar-refractivity contribution in [2.24, 2.45) is 0 Å². The van der Waals surface area contributed by atoms with Gasteiger partial charge in [-0.15, -0.1) is 0 Å². The fourth-order valence-corrected chi connectivity index (χ4v) is 3.01. The summed E-state index contributed by atoms with van der Waals surface area (Å²) in [7, 11) is 0. The van der Waals surface area contributed by atoms with Crippen molar-refractivity contribution in [1.82, 2.24) is 14.6 Å². The van der Waals surface area contributed by atoms with Crippen LogP contribution >= 0.6 is 15.9 Å². The van der Waals surface area contributed by atoms with Crippen molar-refractivity contribution in [2.75, 3.05) is 6.61 Å². The Kier molecular flexibility index (Phi) is 2.82. The van der Waals surface area contributed by atoms with Crippen LogP contribution in [-0.2, 0) is 11.3 Å². The minimum absolute atomic E-state index is 0.178. The molecule has 0 amide bonds. The second-order valence-corrected chi connectivity index (χ2v) is 5.66. The van der Waals surface area contributed by atoms with Gasteiger partial charge in [0.1, 0.15) is 4.60 Å². The van der Waals surface area contributed by atoms with E-state index < -0.39 is 0 Å². The molecule has 2 aromatic heterocycles. The van der Waals surface area contributed by atoms with E-state index in [1.165, 1.54) is 5.56 Å². The fourth-order valence-electron chi connectivity index (χ4n) is 2.72. The summed E-state index contributed by atoms with van der Waals surface area (Å²) in [5, 5.41) is 4.54. The number of halogens is 1. The van der Waals surface area contributed by atoms with Crippen molar-refractivity contribution >= 4 is 21.6 Å². The van der Waals surface area contributed by atoms with Gasteiger partial charge in [-0.25, -0.2) is 9.50 Å². The number of imidazole rings is 1. The van der Waals surface area contributed by atoms with Crippen molar-refractivity contribution in [1.29, 1.82) is 0 Å². The highest BCUT2D eigenvalue weighted by atomic mass is 79.9. The molecule has 5 heteroatoms. The molecule has 0 aliphatic carbocycles. The number of benzene rings is 1. The first-order valence-electron chi connectivity index (χ1n) is 6.49. The van der Waals surface area contributed by atoms with Crippen molar-refractivity contribution in [3.8, 4) is 0 Å². The molecule has 4 rings (SSSR count). The molecule has 4 nitrogen and oxygen atoms in total. The lowest BCUT2D eigenvalue weighted by atomic mass is 9.94. The summed E-state index contributed by atoms with van der Waals surface area (Å²) in [5.74, 6) is 0.178. The van der Waals surface area contributed by atoms with Gasteiger partial charge >= 0.3 is 0 Å². The Morgan fingerprint density at radius 1 is 1.15 bits per heavy atom. The SMILES string of the molecule is Brc1ccc2nc3c(n2n1)C(c1ccccc1)COC3. The molecule has 0 saturated carbocycles. The van der Waals surface area contributed by atoms with Gasteiger partial charge in [0.05, 0.1) is 30.5 Å². The third-order valence-corrected chi connectivity index (χ3v) is 4.03. The maximum atomic E-state index is 5.71. The molecule has 0 radical (unpaired) electrons. The zero-order valence-corrected chi connectivity index (χ0v) is 12.2. The first kappa shape index (κ1) is 12.1. The number of rotatable bonds is 1. The van der Waals surface area contributed by atoms with Gasteiger partial charge in [0.2, 0.25) is 0 Å². The summed E-state index contributed by atoms with van der Waals surface area (Å²) in [6.45, 7) is 1.22. The van der Waals surface area contributed by atoms with E-state index in [0.717, 1.165) is 21.6 Å². The van der Waals surface area contributed by atoms with Crippen molar-refractivity contribution in [3.63, 3.8) is 0 Å². The summed E-state index contributed by atoms with van der Waals surface area (Å²) in [5.41, 5.74) is 4.22. The molecule has 1 unspecified atom stereocenters. The quantitative estimate of drug-likeness (QED) is 0.688. The van der Waals surface area contributed by atoms with Crippen LogP contribution in [-0.4, -0.2) is 21.2 Å². The fraction of sp³-hybridized carbons (Fsp3) is 0.200.